The lowest BCUT2D eigenvalue weighted by Gasteiger charge is -2.35. The Morgan fingerprint density at radius 3 is 2.95 bits per heavy atom. The smallest absolute Gasteiger partial charge is 0.153 e. The van der Waals surface area contributed by atoms with Gasteiger partial charge in [0.05, 0.1) is 11.5 Å². The average molecular weight is 311 g/mol. The zero-order valence-electron chi connectivity index (χ0n) is 11.5. The first-order valence-electron chi connectivity index (χ1n) is 6.84. The molecule has 0 aliphatic carbocycles. The van der Waals surface area contributed by atoms with Gasteiger partial charge in [0.15, 0.2) is 9.84 Å². The number of nitrogens with zero attached hydrogens (tertiary/aromatic N) is 3. The Bertz CT molecular complexity index is 728. The Morgan fingerprint density at radius 1 is 1.33 bits per heavy atom. The van der Waals surface area contributed by atoms with Crippen molar-refractivity contribution < 1.29 is 18.2 Å². The van der Waals surface area contributed by atoms with Crippen LogP contribution >= 0.6 is 0 Å². The highest BCUT2D eigenvalue weighted by molar-refractivity contribution is 7.91. The zero-order chi connectivity index (χ0) is 14.9. The summed E-state index contributed by atoms with van der Waals surface area (Å²) in [5.41, 5.74) is 2.42. The van der Waals surface area contributed by atoms with Crippen LogP contribution in [0.15, 0.2) is 22.8 Å². The van der Waals surface area contributed by atoms with E-state index in [0.717, 1.165) is 5.56 Å². The minimum atomic E-state index is -3.00. The molecule has 0 bridgehead atoms. The third-order valence-corrected chi connectivity index (χ3v) is 5.52. The van der Waals surface area contributed by atoms with E-state index in [1.807, 2.05) is 18.2 Å². The minimum absolute atomic E-state index is 0.0110. The van der Waals surface area contributed by atoms with Crippen LogP contribution in [-0.4, -0.2) is 59.4 Å². The van der Waals surface area contributed by atoms with Gasteiger partial charge >= 0.3 is 0 Å². The van der Waals surface area contributed by atoms with Crippen LogP contribution in [0.2, 0.25) is 0 Å². The van der Waals surface area contributed by atoms with Crippen LogP contribution in [0.1, 0.15) is 12.0 Å². The van der Waals surface area contributed by atoms with Crippen molar-refractivity contribution >= 4 is 20.9 Å². The standard InChI is InChI=1S/C13H17N3O4S/c17-5-3-11-9-21(18,19)6-4-16(11)8-10-1-2-12-13(7-10)15-20-14-12/h1-2,7,11,17H,3-6,8-9H2. The van der Waals surface area contributed by atoms with E-state index in [9.17, 15) is 8.42 Å². The molecule has 1 aromatic carbocycles. The van der Waals surface area contributed by atoms with E-state index >= 15 is 0 Å². The molecule has 1 aliphatic rings. The van der Waals surface area contributed by atoms with Crippen LogP contribution in [0.4, 0.5) is 0 Å². The van der Waals surface area contributed by atoms with Gasteiger partial charge in [-0.3, -0.25) is 4.90 Å². The van der Waals surface area contributed by atoms with Crippen LogP contribution in [0, 0.1) is 0 Å². The van der Waals surface area contributed by atoms with Gasteiger partial charge in [0.25, 0.3) is 0 Å². The Hall–Kier alpha value is -1.51. The molecule has 1 aliphatic heterocycles. The first kappa shape index (κ1) is 14.4. The van der Waals surface area contributed by atoms with E-state index in [0.29, 0.717) is 30.5 Å². The van der Waals surface area contributed by atoms with E-state index in [2.05, 4.69) is 19.8 Å². The Labute approximate surface area is 122 Å². The number of benzene rings is 1. The molecule has 1 atom stereocenters. The topological polar surface area (TPSA) is 96.5 Å². The Balaban J connectivity index is 1.78. The van der Waals surface area contributed by atoms with Crippen molar-refractivity contribution in [1.29, 1.82) is 0 Å². The van der Waals surface area contributed by atoms with Crippen LogP contribution in [0.25, 0.3) is 11.0 Å². The number of aliphatic hydroxyl groups is 1. The summed E-state index contributed by atoms with van der Waals surface area (Å²) in [5.74, 6) is 0.282. The molecule has 1 aromatic heterocycles. The third kappa shape index (κ3) is 3.22. The lowest BCUT2D eigenvalue weighted by molar-refractivity contribution is 0.163. The van der Waals surface area contributed by atoms with Gasteiger partial charge in [-0.05, 0) is 34.4 Å². The van der Waals surface area contributed by atoms with Crippen LogP contribution in [0.5, 0.6) is 0 Å². The first-order chi connectivity index (χ1) is 10.1. The molecule has 1 N–H and O–H groups in total. The fourth-order valence-corrected chi connectivity index (χ4v) is 4.35. The summed E-state index contributed by atoms with van der Waals surface area (Å²) in [6.45, 7) is 1.11. The molecule has 21 heavy (non-hydrogen) atoms. The molecule has 0 spiro atoms. The van der Waals surface area contributed by atoms with Gasteiger partial charge in [0.2, 0.25) is 0 Å². The molecule has 2 aromatic rings. The van der Waals surface area contributed by atoms with Gasteiger partial charge in [-0.1, -0.05) is 6.07 Å². The van der Waals surface area contributed by atoms with E-state index in [-0.39, 0.29) is 24.2 Å². The predicted molar refractivity (Wildman–Crippen MR) is 76.4 cm³/mol. The summed E-state index contributed by atoms with van der Waals surface area (Å²) in [7, 11) is -3.00. The fraction of sp³-hybridized carbons (Fsp3) is 0.538. The number of aliphatic hydroxyl groups excluding tert-OH is 1. The second-order valence-corrected chi connectivity index (χ2v) is 7.57. The largest absolute Gasteiger partial charge is 0.396 e. The van der Waals surface area contributed by atoms with Crippen molar-refractivity contribution in [3.8, 4) is 0 Å². The molecular weight excluding hydrogens is 294 g/mol. The summed E-state index contributed by atoms with van der Waals surface area (Å²) in [4.78, 5) is 2.10. The van der Waals surface area contributed by atoms with Crippen molar-refractivity contribution in [1.82, 2.24) is 15.2 Å². The minimum Gasteiger partial charge on any atom is -0.396 e. The molecular formula is C13H17N3O4S. The summed E-state index contributed by atoms with van der Waals surface area (Å²) in [6.07, 6.45) is 0.465. The molecule has 3 rings (SSSR count). The lowest BCUT2D eigenvalue weighted by atomic mass is 10.1. The van der Waals surface area contributed by atoms with Gasteiger partial charge in [-0.25, -0.2) is 13.0 Å². The lowest BCUT2D eigenvalue weighted by Crippen LogP contribution is -2.48. The van der Waals surface area contributed by atoms with E-state index in [4.69, 9.17) is 5.11 Å². The summed E-state index contributed by atoms with van der Waals surface area (Å²) in [5, 5.41) is 16.7. The van der Waals surface area contributed by atoms with Crippen molar-refractivity contribution in [2.45, 2.75) is 19.0 Å². The normalized spacial score (nSPS) is 22.6. The van der Waals surface area contributed by atoms with E-state index in [1.54, 1.807) is 0 Å². The molecule has 2 heterocycles. The maximum atomic E-state index is 11.7. The van der Waals surface area contributed by atoms with Crippen LogP contribution in [-0.2, 0) is 16.4 Å². The molecule has 1 fully saturated rings. The van der Waals surface area contributed by atoms with Gasteiger partial charge in [-0.2, -0.15) is 0 Å². The second-order valence-electron chi connectivity index (χ2n) is 5.34. The molecule has 7 nitrogen and oxygen atoms in total. The number of rotatable bonds is 4. The highest BCUT2D eigenvalue weighted by atomic mass is 32.2. The highest BCUT2D eigenvalue weighted by Crippen LogP contribution is 2.19. The van der Waals surface area contributed by atoms with Gasteiger partial charge in [0, 0.05) is 25.7 Å². The number of fused-ring (bicyclic) bond motifs is 1. The van der Waals surface area contributed by atoms with Crippen molar-refractivity contribution in [3.05, 3.63) is 23.8 Å². The molecule has 0 saturated carbocycles. The average Bonchev–Trinajstić information content (AvgIpc) is 2.89. The first-order valence-corrected chi connectivity index (χ1v) is 8.66. The number of hydrogen-bond acceptors (Lipinski definition) is 7. The van der Waals surface area contributed by atoms with E-state index in [1.165, 1.54) is 0 Å². The number of sulfone groups is 1. The summed E-state index contributed by atoms with van der Waals surface area (Å²) >= 11 is 0. The third-order valence-electron chi connectivity index (χ3n) is 3.82. The molecule has 0 radical (unpaired) electrons. The molecule has 114 valence electrons. The van der Waals surface area contributed by atoms with Gasteiger partial charge < -0.3 is 5.11 Å². The maximum absolute atomic E-state index is 11.7. The number of hydrogen-bond donors (Lipinski definition) is 1. The van der Waals surface area contributed by atoms with Crippen molar-refractivity contribution in [3.63, 3.8) is 0 Å². The quantitative estimate of drug-likeness (QED) is 0.861. The van der Waals surface area contributed by atoms with Gasteiger partial charge in [-0.15, -0.1) is 0 Å². The summed E-state index contributed by atoms with van der Waals surface area (Å²) in [6, 6.07) is 5.53. The van der Waals surface area contributed by atoms with Crippen LogP contribution in [0.3, 0.4) is 0 Å². The monoisotopic (exact) mass is 311 g/mol. The fourth-order valence-electron chi connectivity index (χ4n) is 2.70. The van der Waals surface area contributed by atoms with Crippen molar-refractivity contribution in [2.75, 3.05) is 24.7 Å². The molecule has 1 unspecified atom stereocenters. The van der Waals surface area contributed by atoms with E-state index < -0.39 is 9.84 Å². The summed E-state index contributed by atoms with van der Waals surface area (Å²) < 4.78 is 28.1. The van der Waals surface area contributed by atoms with Gasteiger partial charge in [0.1, 0.15) is 11.0 Å². The SMILES string of the molecule is O=S1(=O)CCN(Cc2ccc3nonc3c2)C(CCO)C1. The molecule has 0 amide bonds. The molecule has 8 heteroatoms. The second kappa shape index (κ2) is 5.70. The van der Waals surface area contributed by atoms with Crippen LogP contribution < -0.4 is 0 Å². The zero-order valence-corrected chi connectivity index (χ0v) is 12.3. The van der Waals surface area contributed by atoms with Crippen molar-refractivity contribution in [2.24, 2.45) is 0 Å². The Kier molecular flexibility index (Phi) is 3.92. The maximum Gasteiger partial charge on any atom is 0.153 e. The molecule has 1 saturated heterocycles. The number of aromatic nitrogens is 2. The Morgan fingerprint density at radius 2 is 2.14 bits per heavy atom. The highest BCUT2D eigenvalue weighted by Gasteiger charge is 2.30. The predicted octanol–water partition coefficient (Wildman–Crippen LogP) is 0.204.